The third-order valence-corrected chi connectivity index (χ3v) is 5.36. The van der Waals surface area contributed by atoms with Crippen molar-refractivity contribution in [1.82, 2.24) is 14.7 Å². The smallest absolute Gasteiger partial charge is 0.0107 e. The fourth-order valence-electron chi connectivity index (χ4n) is 3.38. The molecule has 2 heterocycles. The van der Waals surface area contributed by atoms with Gasteiger partial charge in [0.25, 0.3) is 0 Å². The van der Waals surface area contributed by atoms with Crippen LogP contribution in [0.15, 0.2) is 0 Å². The van der Waals surface area contributed by atoms with Gasteiger partial charge in [-0.25, -0.2) is 0 Å². The predicted octanol–water partition coefficient (Wildman–Crippen LogP) is 3.55. The Morgan fingerprint density at radius 3 is 1.27 bits per heavy atom. The van der Waals surface area contributed by atoms with Gasteiger partial charge >= 0.3 is 0 Å². The second-order valence-electron chi connectivity index (χ2n) is 7.53. The van der Waals surface area contributed by atoms with Crippen LogP contribution < -0.4 is 0 Å². The van der Waals surface area contributed by atoms with Crippen LogP contribution in [0.5, 0.6) is 0 Å². The Balaban J connectivity index is 0.000000166. The first-order chi connectivity index (χ1) is 10.6. The molecule has 0 N–H and O–H groups in total. The van der Waals surface area contributed by atoms with Gasteiger partial charge in [0.1, 0.15) is 0 Å². The van der Waals surface area contributed by atoms with Crippen LogP contribution in [0.3, 0.4) is 0 Å². The van der Waals surface area contributed by atoms with Gasteiger partial charge in [-0.2, -0.15) is 0 Å². The lowest BCUT2D eigenvalue weighted by Crippen LogP contribution is -2.42. The molecule has 0 aromatic rings. The Kier molecular flexibility index (Phi) is 11.2. The minimum absolute atomic E-state index is 1.10. The highest BCUT2D eigenvalue weighted by Gasteiger charge is 2.11. The maximum absolute atomic E-state index is 2.39. The van der Waals surface area contributed by atoms with E-state index in [1.165, 1.54) is 90.6 Å². The quantitative estimate of drug-likeness (QED) is 0.733. The molecule has 1 aliphatic carbocycles. The third-order valence-electron chi connectivity index (χ3n) is 5.36. The van der Waals surface area contributed by atoms with Gasteiger partial charge in [-0.3, -0.25) is 0 Å². The molecule has 3 heteroatoms. The number of rotatable bonds is 1. The fourth-order valence-corrected chi connectivity index (χ4v) is 3.38. The van der Waals surface area contributed by atoms with Crippen molar-refractivity contribution in [2.45, 2.75) is 58.3 Å². The van der Waals surface area contributed by atoms with E-state index in [2.05, 4.69) is 42.8 Å². The van der Waals surface area contributed by atoms with E-state index in [9.17, 15) is 0 Å². The molecule has 0 radical (unpaired) electrons. The van der Waals surface area contributed by atoms with E-state index in [0.29, 0.717) is 0 Å². The maximum Gasteiger partial charge on any atom is 0.0107 e. The van der Waals surface area contributed by atoms with Crippen molar-refractivity contribution >= 4 is 0 Å². The van der Waals surface area contributed by atoms with Crippen LogP contribution in [0, 0.1) is 5.92 Å². The Morgan fingerprint density at radius 1 is 0.591 bits per heavy atom. The Bertz CT molecular complexity index is 227. The summed E-state index contributed by atoms with van der Waals surface area (Å²) in [5.74, 6) is 1.10. The van der Waals surface area contributed by atoms with Gasteiger partial charge in [0.15, 0.2) is 0 Å². The van der Waals surface area contributed by atoms with Crippen LogP contribution in [0.4, 0.5) is 0 Å². The molecular weight excluding hydrogens is 270 g/mol. The van der Waals surface area contributed by atoms with Gasteiger partial charge in [0, 0.05) is 26.2 Å². The minimum Gasteiger partial charge on any atom is -0.306 e. The van der Waals surface area contributed by atoms with Crippen molar-refractivity contribution < 1.29 is 0 Å². The molecule has 0 bridgehead atoms. The molecular formula is C19H41N3. The first-order valence-electron chi connectivity index (χ1n) is 9.67. The van der Waals surface area contributed by atoms with E-state index in [-0.39, 0.29) is 0 Å². The van der Waals surface area contributed by atoms with E-state index >= 15 is 0 Å². The second kappa shape index (κ2) is 12.3. The number of hydrogen-bond donors (Lipinski definition) is 0. The van der Waals surface area contributed by atoms with Gasteiger partial charge in [-0.15, -0.1) is 0 Å². The largest absolute Gasteiger partial charge is 0.306 e. The molecule has 2 saturated heterocycles. The van der Waals surface area contributed by atoms with Crippen molar-refractivity contribution in [3.63, 3.8) is 0 Å². The number of piperidine rings is 1. The first-order valence-corrected chi connectivity index (χ1v) is 9.67. The SMILES string of the molecule is CCC1CCCC1.CN1CCCCC1.CN1CCN(C)CC1. The van der Waals surface area contributed by atoms with E-state index in [1.807, 2.05) is 0 Å². The van der Waals surface area contributed by atoms with Crippen LogP contribution in [-0.2, 0) is 0 Å². The predicted molar refractivity (Wildman–Crippen MR) is 98.6 cm³/mol. The normalized spacial score (nSPS) is 25.1. The maximum atomic E-state index is 2.39. The summed E-state index contributed by atoms with van der Waals surface area (Å²) >= 11 is 0. The van der Waals surface area contributed by atoms with Gasteiger partial charge in [-0.1, -0.05) is 45.4 Å². The zero-order valence-corrected chi connectivity index (χ0v) is 15.8. The second-order valence-corrected chi connectivity index (χ2v) is 7.53. The van der Waals surface area contributed by atoms with Crippen molar-refractivity contribution in [2.75, 3.05) is 60.4 Å². The first kappa shape index (κ1) is 19.9. The topological polar surface area (TPSA) is 9.72 Å². The molecule has 0 aromatic heterocycles. The Hall–Kier alpha value is -0.120. The standard InChI is InChI=1S/C7H14.C6H14N2.C6H13N/c1-2-7-5-3-4-6-7;1-7-3-5-8(2)6-4-7;1-7-5-3-2-4-6-7/h7H,2-6H2,1H3;3-6H2,1-2H3;2-6H2,1H3. The molecule has 22 heavy (non-hydrogen) atoms. The molecule has 0 unspecified atom stereocenters. The number of likely N-dealkylation sites (N-methyl/N-ethyl adjacent to an activating group) is 2. The number of nitrogens with zero attached hydrogens (tertiary/aromatic N) is 3. The summed E-state index contributed by atoms with van der Waals surface area (Å²) in [7, 11) is 6.54. The Labute approximate surface area is 140 Å². The molecule has 132 valence electrons. The highest BCUT2D eigenvalue weighted by molar-refractivity contribution is 4.65. The monoisotopic (exact) mass is 311 g/mol. The van der Waals surface area contributed by atoms with Crippen molar-refractivity contribution in [1.29, 1.82) is 0 Å². The lowest BCUT2D eigenvalue weighted by molar-refractivity contribution is 0.181. The molecule has 2 aliphatic heterocycles. The zero-order valence-electron chi connectivity index (χ0n) is 15.8. The van der Waals surface area contributed by atoms with Crippen LogP contribution in [0.25, 0.3) is 0 Å². The molecule has 3 aliphatic rings. The molecule has 0 aromatic carbocycles. The summed E-state index contributed by atoms with van der Waals surface area (Å²) in [5.41, 5.74) is 0. The molecule has 0 atom stereocenters. The zero-order chi connectivity index (χ0) is 16.2. The molecule has 1 saturated carbocycles. The summed E-state index contributed by atoms with van der Waals surface area (Å²) in [5, 5.41) is 0. The lowest BCUT2D eigenvalue weighted by Gasteiger charge is -2.28. The van der Waals surface area contributed by atoms with E-state index in [0.717, 1.165) is 5.92 Å². The number of piperazine rings is 1. The van der Waals surface area contributed by atoms with Crippen molar-refractivity contribution in [3.05, 3.63) is 0 Å². The Morgan fingerprint density at radius 2 is 1.00 bits per heavy atom. The average Bonchev–Trinajstić information content (AvgIpc) is 3.06. The number of hydrogen-bond acceptors (Lipinski definition) is 3. The minimum atomic E-state index is 1.10. The summed E-state index contributed by atoms with van der Waals surface area (Å²) in [4.78, 5) is 7.11. The lowest BCUT2D eigenvalue weighted by atomic mass is 10.1. The van der Waals surface area contributed by atoms with Gasteiger partial charge in [-0.05, 0) is 53.0 Å². The van der Waals surface area contributed by atoms with Gasteiger partial charge in [0.05, 0.1) is 0 Å². The molecule has 0 spiro atoms. The van der Waals surface area contributed by atoms with Crippen LogP contribution in [0.1, 0.15) is 58.3 Å². The van der Waals surface area contributed by atoms with E-state index in [1.54, 1.807) is 0 Å². The van der Waals surface area contributed by atoms with Crippen molar-refractivity contribution in [2.24, 2.45) is 5.92 Å². The third kappa shape index (κ3) is 9.81. The van der Waals surface area contributed by atoms with Gasteiger partial charge in [0.2, 0.25) is 0 Å². The van der Waals surface area contributed by atoms with Crippen LogP contribution in [-0.4, -0.2) is 75.1 Å². The van der Waals surface area contributed by atoms with Gasteiger partial charge < -0.3 is 14.7 Å². The van der Waals surface area contributed by atoms with Crippen molar-refractivity contribution in [3.8, 4) is 0 Å². The van der Waals surface area contributed by atoms with Crippen LogP contribution in [0.2, 0.25) is 0 Å². The molecule has 3 rings (SSSR count). The summed E-state index contributed by atoms with van der Waals surface area (Å²) in [6, 6.07) is 0. The molecule has 0 amide bonds. The fraction of sp³-hybridized carbons (Fsp3) is 1.00. The summed E-state index contributed by atoms with van der Waals surface area (Å²) in [6.45, 7) is 9.87. The van der Waals surface area contributed by atoms with E-state index in [4.69, 9.17) is 0 Å². The average molecular weight is 312 g/mol. The van der Waals surface area contributed by atoms with E-state index < -0.39 is 0 Å². The highest BCUT2D eigenvalue weighted by atomic mass is 15.2. The van der Waals surface area contributed by atoms with Crippen LogP contribution >= 0.6 is 0 Å². The molecule has 3 fully saturated rings. The molecule has 3 nitrogen and oxygen atoms in total. The summed E-state index contributed by atoms with van der Waals surface area (Å²) < 4.78 is 0. The number of likely N-dealkylation sites (tertiary alicyclic amines) is 1. The highest BCUT2D eigenvalue weighted by Crippen LogP contribution is 2.26. The summed E-state index contributed by atoms with van der Waals surface area (Å²) in [6.07, 6.45) is 11.7.